The lowest BCUT2D eigenvalue weighted by molar-refractivity contribution is -0.173. The van der Waals surface area contributed by atoms with Crippen molar-refractivity contribution in [2.24, 2.45) is 5.73 Å². The fraction of sp³-hybridized carbons (Fsp3) is 0.400. The summed E-state index contributed by atoms with van der Waals surface area (Å²) in [6.07, 6.45) is 1.69. The fourth-order valence-corrected chi connectivity index (χ4v) is 0.375. The first-order chi connectivity index (χ1) is 6.84. The highest BCUT2D eigenvalue weighted by Crippen LogP contribution is 1.99. The molecule has 0 spiro atoms. The molecule has 15 heavy (non-hydrogen) atoms. The van der Waals surface area contributed by atoms with Crippen LogP contribution in [0.4, 0.5) is 0 Å². The van der Waals surface area contributed by atoms with E-state index in [0.29, 0.717) is 12.0 Å². The SMILES string of the molecule is C=C(CC)C(=O)ON(C)C.C=CC(N)=O. The van der Waals surface area contributed by atoms with E-state index in [9.17, 15) is 9.59 Å². The smallest absolute Gasteiger partial charge is 0.352 e. The largest absolute Gasteiger partial charge is 0.366 e. The minimum absolute atomic E-state index is 0.354. The number of primary amides is 1. The van der Waals surface area contributed by atoms with E-state index in [-0.39, 0.29) is 5.97 Å². The van der Waals surface area contributed by atoms with Crippen molar-refractivity contribution < 1.29 is 14.4 Å². The minimum Gasteiger partial charge on any atom is -0.366 e. The van der Waals surface area contributed by atoms with Crippen molar-refractivity contribution >= 4 is 11.9 Å². The number of amides is 1. The fourth-order valence-electron chi connectivity index (χ4n) is 0.375. The Morgan fingerprint density at radius 3 is 2.07 bits per heavy atom. The van der Waals surface area contributed by atoms with Crippen LogP contribution in [0.2, 0.25) is 0 Å². The van der Waals surface area contributed by atoms with E-state index in [1.807, 2.05) is 6.92 Å². The van der Waals surface area contributed by atoms with Crippen LogP contribution in [0.15, 0.2) is 24.8 Å². The molecule has 0 heterocycles. The van der Waals surface area contributed by atoms with Gasteiger partial charge in [-0.1, -0.05) is 20.1 Å². The molecule has 86 valence electrons. The quantitative estimate of drug-likeness (QED) is 0.550. The number of hydrogen-bond acceptors (Lipinski definition) is 4. The van der Waals surface area contributed by atoms with Crippen LogP contribution >= 0.6 is 0 Å². The van der Waals surface area contributed by atoms with Crippen LogP contribution in [0, 0.1) is 0 Å². The van der Waals surface area contributed by atoms with Crippen LogP contribution in [0.3, 0.4) is 0 Å². The summed E-state index contributed by atoms with van der Waals surface area (Å²) >= 11 is 0. The van der Waals surface area contributed by atoms with Crippen LogP contribution in [0.1, 0.15) is 13.3 Å². The monoisotopic (exact) mass is 214 g/mol. The Kier molecular flexibility index (Phi) is 9.45. The molecule has 0 unspecified atom stereocenters. The zero-order valence-corrected chi connectivity index (χ0v) is 9.45. The van der Waals surface area contributed by atoms with Crippen LogP contribution in [0.25, 0.3) is 0 Å². The topological polar surface area (TPSA) is 72.6 Å². The molecule has 5 nitrogen and oxygen atoms in total. The highest BCUT2D eigenvalue weighted by Gasteiger charge is 2.06. The Hall–Kier alpha value is -1.62. The number of nitrogens with two attached hydrogens (primary N) is 1. The average molecular weight is 214 g/mol. The van der Waals surface area contributed by atoms with Gasteiger partial charge in [-0.3, -0.25) is 4.79 Å². The molecule has 0 rings (SSSR count). The highest BCUT2D eigenvalue weighted by molar-refractivity contribution is 5.87. The summed E-state index contributed by atoms with van der Waals surface area (Å²) in [6.45, 7) is 8.47. The molecule has 5 heteroatoms. The third kappa shape index (κ3) is 12.4. The van der Waals surface area contributed by atoms with Crippen LogP contribution in [-0.2, 0) is 14.4 Å². The van der Waals surface area contributed by atoms with Crippen molar-refractivity contribution in [1.82, 2.24) is 5.06 Å². The van der Waals surface area contributed by atoms with Gasteiger partial charge in [-0.15, -0.1) is 5.06 Å². The number of nitrogens with zero attached hydrogens (tertiary/aromatic N) is 1. The van der Waals surface area contributed by atoms with E-state index < -0.39 is 5.91 Å². The van der Waals surface area contributed by atoms with Gasteiger partial charge >= 0.3 is 5.97 Å². The first-order valence-electron chi connectivity index (χ1n) is 4.34. The Morgan fingerprint density at radius 1 is 1.47 bits per heavy atom. The van der Waals surface area contributed by atoms with Crippen molar-refractivity contribution in [2.45, 2.75) is 13.3 Å². The summed E-state index contributed by atoms with van der Waals surface area (Å²) in [6, 6.07) is 0. The molecule has 0 aromatic carbocycles. The molecule has 0 fully saturated rings. The van der Waals surface area contributed by atoms with Gasteiger partial charge in [0.05, 0.1) is 0 Å². The van der Waals surface area contributed by atoms with Crippen molar-refractivity contribution in [2.75, 3.05) is 14.1 Å². The molecule has 0 atom stereocenters. The summed E-state index contributed by atoms with van der Waals surface area (Å²) in [5, 5.41) is 1.35. The molecule has 0 saturated carbocycles. The standard InChI is InChI=1S/C7H13NO2.C3H5NO/c1-5-6(2)7(9)10-8(3)4;1-2-3(4)5/h2,5H2,1,3-4H3;2H,1H2,(H2,4,5). The first-order valence-corrected chi connectivity index (χ1v) is 4.34. The lowest BCUT2D eigenvalue weighted by atomic mass is 10.2. The predicted molar refractivity (Wildman–Crippen MR) is 58.6 cm³/mol. The van der Waals surface area contributed by atoms with Crippen LogP contribution in [-0.4, -0.2) is 31.0 Å². The maximum absolute atomic E-state index is 10.8. The lowest BCUT2D eigenvalue weighted by Gasteiger charge is -2.09. The highest BCUT2D eigenvalue weighted by atomic mass is 16.7. The van der Waals surface area contributed by atoms with Crippen LogP contribution in [0.5, 0.6) is 0 Å². The van der Waals surface area contributed by atoms with Gasteiger partial charge in [-0.2, -0.15) is 0 Å². The van der Waals surface area contributed by atoms with Gasteiger partial charge in [0.15, 0.2) is 0 Å². The molecule has 0 radical (unpaired) electrons. The second-order valence-corrected chi connectivity index (χ2v) is 2.75. The van der Waals surface area contributed by atoms with Crippen molar-refractivity contribution in [3.63, 3.8) is 0 Å². The minimum atomic E-state index is -0.481. The number of hydroxylamine groups is 2. The predicted octanol–water partition coefficient (Wildman–Crippen LogP) is 0.630. The third-order valence-corrected chi connectivity index (χ3v) is 1.18. The normalized spacial score (nSPS) is 8.53. The van der Waals surface area contributed by atoms with E-state index in [4.69, 9.17) is 4.84 Å². The number of carbonyl (C=O) groups is 2. The maximum atomic E-state index is 10.8. The lowest BCUT2D eigenvalue weighted by Crippen LogP contribution is -2.19. The average Bonchev–Trinajstić information content (AvgIpc) is 2.16. The van der Waals surface area contributed by atoms with Gasteiger partial charge < -0.3 is 10.6 Å². The Morgan fingerprint density at radius 2 is 1.87 bits per heavy atom. The molecule has 0 aliphatic rings. The number of hydrogen-bond donors (Lipinski definition) is 1. The Labute approximate surface area is 90.1 Å². The van der Waals surface area contributed by atoms with Crippen molar-refractivity contribution in [1.29, 1.82) is 0 Å². The van der Waals surface area contributed by atoms with E-state index in [0.717, 1.165) is 6.08 Å². The zero-order valence-electron chi connectivity index (χ0n) is 9.45. The summed E-state index contributed by atoms with van der Waals surface area (Å²) in [5.41, 5.74) is 5.03. The summed E-state index contributed by atoms with van der Waals surface area (Å²) < 4.78 is 0. The van der Waals surface area contributed by atoms with Gasteiger partial charge in [-0.05, 0) is 12.5 Å². The summed E-state index contributed by atoms with van der Waals surface area (Å²) in [4.78, 5) is 25.0. The molecule has 0 aromatic heterocycles. The molecule has 0 aliphatic carbocycles. The van der Waals surface area contributed by atoms with Gasteiger partial charge in [0, 0.05) is 19.7 Å². The van der Waals surface area contributed by atoms with Crippen LogP contribution < -0.4 is 5.73 Å². The van der Waals surface area contributed by atoms with Crippen molar-refractivity contribution in [3.05, 3.63) is 24.8 Å². The van der Waals surface area contributed by atoms with Gasteiger partial charge in [0.1, 0.15) is 0 Å². The van der Waals surface area contributed by atoms with E-state index in [1.54, 1.807) is 14.1 Å². The van der Waals surface area contributed by atoms with Gasteiger partial charge in [0.25, 0.3) is 0 Å². The Balaban J connectivity index is 0. The first kappa shape index (κ1) is 15.8. The van der Waals surface area contributed by atoms with E-state index in [1.165, 1.54) is 5.06 Å². The molecule has 1 amide bonds. The molecular formula is C10H18N2O3. The Bertz CT molecular complexity index is 247. The van der Waals surface area contributed by atoms with Crippen molar-refractivity contribution in [3.8, 4) is 0 Å². The molecule has 2 N–H and O–H groups in total. The second-order valence-electron chi connectivity index (χ2n) is 2.75. The summed E-state index contributed by atoms with van der Waals surface area (Å²) in [5.74, 6) is -0.836. The van der Waals surface area contributed by atoms with E-state index >= 15 is 0 Å². The third-order valence-electron chi connectivity index (χ3n) is 1.18. The molecule has 0 bridgehead atoms. The van der Waals surface area contributed by atoms with Gasteiger partial charge in [-0.25, -0.2) is 4.79 Å². The molecule has 0 aromatic rings. The molecule has 0 saturated heterocycles. The van der Waals surface area contributed by atoms with E-state index in [2.05, 4.69) is 18.9 Å². The molecule has 0 aliphatic heterocycles. The second kappa shape index (κ2) is 8.96. The molecular weight excluding hydrogens is 196 g/mol. The van der Waals surface area contributed by atoms with Gasteiger partial charge in [0.2, 0.25) is 5.91 Å². The zero-order chi connectivity index (χ0) is 12.4. The number of rotatable bonds is 4. The summed E-state index contributed by atoms with van der Waals surface area (Å²) in [7, 11) is 3.31. The maximum Gasteiger partial charge on any atom is 0.352 e. The number of carbonyl (C=O) groups excluding carboxylic acids is 2.